The predicted molar refractivity (Wildman–Crippen MR) is 123 cm³/mol. The molecule has 1 aliphatic carbocycles. The molecule has 0 bridgehead atoms. The van der Waals surface area contributed by atoms with Crippen LogP contribution in [0.25, 0.3) is 0 Å². The Morgan fingerprint density at radius 2 is 1.00 bits per heavy atom. The second-order valence-corrected chi connectivity index (χ2v) is 19.1. The largest absolute Gasteiger partial charge is 0.0801 e. The van der Waals surface area contributed by atoms with Crippen molar-refractivity contribution in [3.8, 4) is 0 Å². The van der Waals surface area contributed by atoms with E-state index in [4.69, 9.17) is 0 Å². The molecule has 144 valence electrons. The second-order valence-electron chi connectivity index (χ2n) is 11.2. The van der Waals surface area contributed by atoms with Crippen LogP contribution in [-0.2, 0) is 0 Å². The highest BCUT2D eigenvalue weighted by Crippen LogP contribution is 2.80. The summed E-state index contributed by atoms with van der Waals surface area (Å²) >= 11 is 0. The molecular formula is C23H42P2. The van der Waals surface area contributed by atoms with E-state index >= 15 is 0 Å². The van der Waals surface area contributed by atoms with Crippen LogP contribution in [0, 0.1) is 0 Å². The topological polar surface area (TPSA) is 0 Å². The van der Waals surface area contributed by atoms with E-state index in [-0.39, 0.29) is 15.8 Å². The molecule has 0 amide bonds. The van der Waals surface area contributed by atoms with E-state index in [1.165, 1.54) is 0 Å². The van der Waals surface area contributed by atoms with Crippen molar-refractivity contribution in [2.24, 2.45) is 0 Å². The molecule has 0 heterocycles. The zero-order valence-electron chi connectivity index (χ0n) is 18.9. The van der Waals surface area contributed by atoms with Gasteiger partial charge < -0.3 is 0 Å². The summed E-state index contributed by atoms with van der Waals surface area (Å²) < 4.78 is 0. The minimum absolute atomic E-state index is 0.274. The molecule has 1 rings (SSSR count). The summed E-state index contributed by atoms with van der Waals surface area (Å²) in [6.07, 6.45) is 10.3. The monoisotopic (exact) mass is 380 g/mol. The van der Waals surface area contributed by atoms with E-state index in [9.17, 15) is 0 Å². The first kappa shape index (κ1) is 23.1. The van der Waals surface area contributed by atoms with E-state index in [1.807, 2.05) is 5.06 Å². The van der Waals surface area contributed by atoms with Gasteiger partial charge in [-0.1, -0.05) is 123 Å². The third-order valence-electron chi connectivity index (χ3n) is 4.28. The summed E-state index contributed by atoms with van der Waals surface area (Å²) in [4.78, 5) is 0. The van der Waals surface area contributed by atoms with Gasteiger partial charge in [-0.25, -0.2) is 0 Å². The van der Waals surface area contributed by atoms with Crippen LogP contribution >= 0.6 is 15.8 Å². The van der Waals surface area contributed by atoms with Crippen LogP contribution in [0.1, 0.15) is 89.5 Å². The Kier molecular flexibility index (Phi) is 7.03. The summed E-state index contributed by atoms with van der Waals surface area (Å²) in [5, 5.41) is 3.05. The van der Waals surface area contributed by atoms with Crippen LogP contribution in [0.2, 0.25) is 0 Å². The Balaban J connectivity index is 3.82. The normalized spacial score (nSPS) is 17.0. The lowest BCUT2D eigenvalue weighted by molar-refractivity contribution is 0.702. The van der Waals surface area contributed by atoms with E-state index in [0.29, 0.717) is 20.6 Å². The van der Waals surface area contributed by atoms with Crippen molar-refractivity contribution in [2.75, 3.05) is 0 Å². The van der Waals surface area contributed by atoms with Crippen molar-refractivity contribution >= 4 is 15.8 Å². The lowest BCUT2D eigenvalue weighted by atomic mass is 10.1. The molecule has 0 aliphatic heterocycles. The molecule has 1 aliphatic rings. The Morgan fingerprint density at radius 1 is 0.640 bits per heavy atom. The van der Waals surface area contributed by atoms with Crippen molar-refractivity contribution in [3.05, 3.63) is 34.9 Å². The SMILES string of the molecule is CC(C)(C)P(C(=C1C=CC=CC1)P(C(C)(C)C)C(C)(C)C)C(C)(C)C. The van der Waals surface area contributed by atoms with Gasteiger partial charge in [-0.15, -0.1) is 0 Å². The fourth-order valence-corrected chi connectivity index (χ4v) is 16.2. The summed E-state index contributed by atoms with van der Waals surface area (Å²) in [6, 6.07) is 0. The third kappa shape index (κ3) is 6.04. The summed E-state index contributed by atoms with van der Waals surface area (Å²) in [5.74, 6) is 0. The van der Waals surface area contributed by atoms with Crippen LogP contribution in [-0.4, -0.2) is 20.6 Å². The van der Waals surface area contributed by atoms with E-state index < -0.39 is 0 Å². The molecule has 0 spiro atoms. The number of rotatable bonds is 2. The quantitative estimate of drug-likeness (QED) is 0.420. The minimum atomic E-state index is -0.274. The van der Waals surface area contributed by atoms with Gasteiger partial charge >= 0.3 is 0 Å². The highest BCUT2D eigenvalue weighted by molar-refractivity contribution is 7.84. The zero-order valence-corrected chi connectivity index (χ0v) is 20.7. The molecule has 2 heteroatoms. The molecule has 0 atom stereocenters. The van der Waals surface area contributed by atoms with Gasteiger partial charge in [0.1, 0.15) is 0 Å². The average Bonchev–Trinajstić information content (AvgIpc) is 2.32. The lowest BCUT2D eigenvalue weighted by Crippen LogP contribution is -2.31. The first-order chi connectivity index (χ1) is 11.0. The molecule has 0 nitrogen and oxygen atoms in total. The fourth-order valence-electron chi connectivity index (χ4n) is 4.35. The molecule has 0 saturated heterocycles. The second kappa shape index (κ2) is 7.60. The third-order valence-corrected chi connectivity index (χ3v) is 12.3. The highest BCUT2D eigenvalue weighted by atomic mass is 31.2. The Bertz CT molecular complexity index is 487. The van der Waals surface area contributed by atoms with Gasteiger partial charge in [-0.2, -0.15) is 0 Å². The van der Waals surface area contributed by atoms with E-state index in [1.54, 1.807) is 5.57 Å². The molecule has 25 heavy (non-hydrogen) atoms. The van der Waals surface area contributed by atoms with Gasteiger partial charge in [0.05, 0.1) is 0 Å². The maximum Gasteiger partial charge on any atom is -0.00876 e. The molecule has 0 aromatic heterocycles. The van der Waals surface area contributed by atoms with Gasteiger partial charge in [0.15, 0.2) is 0 Å². The Hall–Kier alpha value is 0.0800. The predicted octanol–water partition coefficient (Wildman–Crippen LogP) is 8.87. The number of allylic oxidation sites excluding steroid dienone is 5. The minimum Gasteiger partial charge on any atom is -0.0801 e. The molecular weight excluding hydrogens is 338 g/mol. The van der Waals surface area contributed by atoms with Crippen molar-refractivity contribution in [2.45, 2.75) is 110 Å². The standard InChI is InChI=1S/C23H42P2/c1-20(2,3)24(21(4,5)6)19(18-16-14-13-15-17-18)25(22(7,8)9)23(10,11)12/h13-16H,17H2,1-12H3. The average molecular weight is 381 g/mol. The van der Waals surface area contributed by atoms with Gasteiger partial charge in [0.2, 0.25) is 0 Å². The van der Waals surface area contributed by atoms with Crippen LogP contribution < -0.4 is 0 Å². The van der Waals surface area contributed by atoms with Crippen molar-refractivity contribution in [1.29, 1.82) is 0 Å². The highest BCUT2D eigenvalue weighted by Gasteiger charge is 2.46. The fraction of sp³-hybridized carbons (Fsp3) is 0.739. The first-order valence-corrected chi connectivity index (χ1v) is 12.3. The lowest BCUT2D eigenvalue weighted by Gasteiger charge is -2.52. The summed E-state index contributed by atoms with van der Waals surface area (Å²) in [7, 11) is -0.547. The van der Waals surface area contributed by atoms with Crippen LogP contribution in [0.3, 0.4) is 0 Å². The maximum atomic E-state index is 2.46. The molecule has 0 unspecified atom stereocenters. The van der Waals surface area contributed by atoms with Crippen LogP contribution in [0.15, 0.2) is 34.9 Å². The summed E-state index contributed by atoms with van der Waals surface area (Å²) in [6.45, 7) is 29.6. The van der Waals surface area contributed by atoms with E-state index in [2.05, 4.69) is 107 Å². The molecule has 0 N–H and O–H groups in total. The number of hydrogen-bond acceptors (Lipinski definition) is 0. The van der Waals surface area contributed by atoms with Gasteiger partial charge in [-0.05, 0) is 37.7 Å². The molecule has 0 aromatic rings. The molecule has 0 saturated carbocycles. The zero-order chi connectivity index (χ0) is 19.8. The molecule has 0 fully saturated rings. The van der Waals surface area contributed by atoms with Crippen LogP contribution in [0.5, 0.6) is 0 Å². The summed E-state index contributed by atoms with van der Waals surface area (Å²) in [5.41, 5.74) is 1.61. The van der Waals surface area contributed by atoms with Gasteiger partial charge in [0.25, 0.3) is 0 Å². The van der Waals surface area contributed by atoms with Gasteiger partial charge in [0, 0.05) is 0 Å². The van der Waals surface area contributed by atoms with Crippen molar-refractivity contribution in [3.63, 3.8) is 0 Å². The van der Waals surface area contributed by atoms with Crippen molar-refractivity contribution < 1.29 is 0 Å². The van der Waals surface area contributed by atoms with Crippen LogP contribution in [0.4, 0.5) is 0 Å². The Labute approximate surface area is 161 Å². The Morgan fingerprint density at radius 3 is 1.24 bits per heavy atom. The van der Waals surface area contributed by atoms with E-state index in [0.717, 1.165) is 6.42 Å². The molecule has 0 radical (unpaired) electrons. The van der Waals surface area contributed by atoms with Gasteiger partial charge in [-0.3, -0.25) is 0 Å². The maximum absolute atomic E-state index is 2.46. The molecule has 0 aromatic carbocycles. The first-order valence-electron chi connectivity index (χ1n) is 9.64. The number of hydrogen-bond donors (Lipinski definition) is 0. The smallest absolute Gasteiger partial charge is 0.00876 e. The van der Waals surface area contributed by atoms with Crippen molar-refractivity contribution in [1.82, 2.24) is 0 Å².